The van der Waals surface area contributed by atoms with E-state index in [2.05, 4.69) is 16.4 Å². The average Bonchev–Trinajstić information content (AvgIpc) is 2.74. The SMILES string of the molecule is O=C(O)c1cc(CO)ccc1Nc1c(C2=CCSCC2)cnc2ccc(F)cc12. The third-order valence-electron chi connectivity index (χ3n) is 4.90. The lowest BCUT2D eigenvalue weighted by atomic mass is 9.99. The van der Waals surface area contributed by atoms with Crippen LogP contribution in [-0.2, 0) is 6.61 Å². The predicted molar refractivity (Wildman–Crippen MR) is 114 cm³/mol. The molecule has 0 atom stereocenters. The van der Waals surface area contributed by atoms with E-state index in [0.29, 0.717) is 27.8 Å². The zero-order valence-corrected chi connectivity index (χ0v) is 16.3. The number of hydrogen-bond acceptors (Lipinski definition) is 5. The number of rotatable bonds is 5. The molecule has 0 saturated carbocycles. The molecule has 2 aromatic carbocycles. The van der Waals surface area contributed by atoms with Gasteiger partial charge in [0.1, 0.15) is 5.82 Å². The van der Waals surface area contributed by atoms with Crippen molar-refractivity contribution in [2.24, 2.45) is 0 Å². The van der Waals surface area contributed by atoms with E-state index in [0.717, 1.165) is 29.1 Å². The standard InChI is InChI=1S/C22H19FN2O3S/c23-15-2-4-19-16(10-15)21(18(11-24-19)14-5-7-29-8-6-14)25-20-3-1-13(12-26)9-17(20)22(27)28/h1-5,9-11,26H,6-8,12H2,(H,24,25)(H,27,28). The second kappa shape index (κ2) is 8.23. The van der Waals surface area contributed by atoms with Crippen molar-refractivity contribution in [1.29, 1.82) is 0 Å². The first kappa shape index (κ1) is 19.4. The molecule has 5 nitrogen and oxygen atoms in total. The van der Waals surface area contributed by atoms with E-state index in [1.54, 1.807) is 24.4 Å². The van der Waals surface area contributed by atoms with Crippen LogP contribution in [0.15, 0.2) is 48.7 Å². The zero-order valence-electron chi connectivity index (χ0n) is 15.5. The van der Waals surface area contributed by atoms with Crippen molar-refractivity contribution >= 4 is 45.6 Å². The van der Waals surface area contributed by atoms with Gasteiger partial charge in [-0.1, -0.05) is 12.1 Å². The highest BCUT2D eigenvalue weighted by atomic mass is 32.2. The number of benzene rings is 2. The molecule has 1 aliphatic rings. The largest absolute Gasteiger partial charge is 0.478 e. The van der Waals surface area contributed by atoms with Crippen LogP contribution >= 0.6 is 11.8 Å². The molecular formula is C22H19FN2O3S. The molecule has 0 fully saturated rings. The van der Waals surface area contributed by atoms with Crippen molar-refractivity contribution in [1.82, 2.24) is 4.98 Å². The first-order chi connectivity index (χ1) is 14.1. The number of aliphatic hydroxyl groups excluding tert-OH is 1. The maximum atomic E-state index is 14.0. The maximum absolute atomic E-state index is 14.0. The zero-order chi connectivity index (χ0) is 20.4. The normalized spacial score (nSPS) is 13.9. The number of carbonyl (C=O) groups is 1. The molecule has 7 heteroatoms. The van der Waals surface area contributed by atoms with Crippen LogP contribution in [0.3, 0.4) is 0 Å². The van der Waals surface area contributed by atoms with Crippen LogP contribution in [0.5, 0.6) is 0 Å². The predicted octanol–water partition coefficient (Wildman–Crippen LogP) is 4.83. The van der Waals surface area contributed by atoms with Crippen molar-refractivity contribution in [2.45, 2.75) is 13.0 Å². The van der Waals surface area contributed by atoms with Gasteiger partial charge < -0.3 is 15.5 Å². The molecule has 29 heavy (non-hydrogen) atoms. The number of hydrogen-bond donors (Lipinski definition) is 3. The van der Waals surface area contributed by atoms with E-state index >= 15 is 0 Å². The summed E-state index contributed by atoms with van der Waals surface area (Å²) >= 11 is 1.84. The second-order valence-electron chi connectivity index (χ2n) is 6.73. The van der Waals surface area contributed by atoms with Gasteiger partial charge in [0.25, 0.3) is 0 Å². The van der Waals surface area contributed by atoms with Crippen LogP contribution in [0, 0.1) is 5.82 Å². The molecule has 0 radical (unpaired) electrons. The van der Waals surface area contributed by atoms with E-state index in [-0.39, 0.29) is 18.0 Å². The van der Waals surface area contributed by atoms with Crippen LogP contribution in [0.25, 0.3) is 16.5 Å². The summed E-state index contributed by atoms with van der Waals surface area (Å²) in [6.45, 7) is -0.250. The molecule has 0 aliphatic carbocycles. The Morgan fingerprint density at radius 1 is 1.24 bits per heavy atom. The number of anilines is 2. The Hall–Kier alpha value is -2.90. The lowest BCUT2D eigenvalue weighted by Gasteiger charge is -2.20. The summed E-state index contributed by atoms with van der Waals surface area (Å²) in [7, 11) is 0. The number of halogens is 1. The number of carboxylic acids is 1. The Balaban J connectivity index is 1.91. The lowest BCUT2D eigenvalue weighted by molar-refractivity contribution is 0.0698. The number of thioether (sulfide) groups is 1. The molecule has 0 saturated heterocycles. The smallest absolute Gasteiger partial charge is 0.337 e. The molecule has 1 aromatic heterocycles. The number of aliphatic hydroxyl groups is 1. The summed E-state index contributed by atoms with van der Waals surface area (Å²) in [4.78, 5) is 16.3. The first-order valence-corrected chi connectivity index (χ1v) is 10.3. The van der Waals surface area contributed by atoms with Gasteiger partial charge in [0, 0.05) is 22.9 Å². The van der Waals surface area contributed by atoms with E-state index < -0.39 is 5.97 Å². The first-order valence-electron chi connectivity index (χ1n) is 9.16. The number of carboxylic acid groups (broad SMARTS) is 1. The molecule has 148 valence electrons. The van der Waals surface area contributed by atoms with Gasteiger partial charge in [-0.3, -0.25) is 4.98 Å². The molecule has 3 N–H and O–H groups in total. The van der Waals surface area contributed by atoms with Crippen LogP contribution in [0.1, 0.15) is 27.9 Å². The quantitative estimate of drug-likeness (QED) is 0.559. The van der Waals surface area contributed by atoms with Crippen LogP contribution < -0.4 is 5.32 Å². The number of aromatic carboxylic acids is 1. The van der Waals surface area contributed by atoms with Crippen LogP contribution in [-0.4, -0.2) is 32.7 Å². The van der Waals surface area contributed by atoms with E-state index in [1.165, 1.54) is 18.2 Å². The summed E-state index contributed by atoms with van der Waals surface area (Å²) in [5, 5.41) is 22.8. The fraction of sp³-hybridized carbons (Fsp3) is 0.182. The lowest BCUT2D eigenvalue weighted by Crippen LogP contribution is -2.07. The molecule has 0 unspecified atom stereocenters. The summed E-state index contributed by atoms with van der Waals surface area (Å²) in [5.41, 5.74) is 4.11. The molecule has 4 rings (SSSR count). The molecule has 2 heterocycles. The topological polar surface area (TPSA) is 82.5 Å². The van der Waals surface area contributed by atoms with Crippen LogP contribution in [0.4, 0.5) is 15.8 Å². The van der Waals surface area contributed by atoms with Crippen molar-refractivity contribution in [3.8, 4) is 0 Å². The van der Waals surface area contributed by atoms with Gasteiger partial charge in [-0.15, -0.1) is 0 Å². The Morgan fingerprint density at radius 2 is 2.10 bits per heavy atom. The fourth-order valence-corrected chi connectivity index (χ4v) is 4.27. The van der Waals surface area contributed by atoms with Crippen molar-refractivity contribution in [2.75, 3.05) is 16.8 Å². The van der Waals surface area contributed by atoms with Gasteiger partial charge in [0.05, 0.1) is 29.1 Å². The Morgan fingerprint density at radius 3 is 2.83 bits per heavy atom. The molecule has 0 spiro atoms. The Bertz CT molecular complexity index is 1130. The summed E-state index contributed by atoms with van der Waals surface area (Å²) < 4.78 is 14.0. The minimum absolute atomic E-state index is 0.0389. The highest BCUT2D eigenvalue weighted by Gasteiger charge is 2.18. The van der Waals surface area contributed by atoms with E-state index in [1.807, 2.05) is 11.8 Å². The summed E-state index contributed by atoms with van der Waals surface area (Å²) in [6.07, 6.45) is 4.75. The Kier molecular flexibility index (Phi) is 5.51. The monoisotopic (exact) mass is 410 g/mol. The van der Waals surface area contributed by atoms with Crippen molar-refractivity contribution in [3.05, 3.63) is 71.2 Å². The molecule has 3 aromatic rings. The highest BCUT2D eigenvalue weighted by molar-refractivity contribution is 7.99. The third-order valence-corrected chi connectivity index (χ3v) is 5.79. The molecule has 0 amide bonds. The minimum Gasteiger partial charge on any atom is -0.478 e. The third kappa shape index (κ3) is 3.97. The molecule has 0 bridgehead atoms. The van der Waals surface area contributed by atoms with E-state index in [9.17, 15) is 19.4 Å². The fourth-order valence-electron chi connectivity index (χ4n) is 3.42. The molecular weight excluding hydrogens is 391 g/mol. The van der Waals surface area contributed by atoms with E-state index in [4.69, 9.17) is 0 Å². The minimum atomic E-state index is -1.11. The second-order valence-corrected chi connectivity index (χ2v) is 7.88. The number of nitrogens with zero attached hydrogens (tertiary/aromatic N) is 1. The molecule has 1 aliphatic heterocycles. The van der Waals surface area contributed by atoms with Crippen molar-refractivity contribution in [3.63, 3.8) is 0 Å². The summed E-state index contributed by atoms with van der Waals surface area (Å²) in [6, 6.07) is 9.09. The van der Waals surface area contributed by atoms with Crippen molar-refractivity contribution < 1.29 is 19.4 Å². The van der Waals surface area contributed by atoms with Gasteiger partial charge in [-0.2, -0.15) is 11.8 Å². The summed E-state index contributed by atoms with van der Waals surface area (Å²) in [5.74, 6) is 0.378. The van der Waals surface area contributed by atoms with Gasteiger partial charge in [-0.25, -0.2) is 9.18 Å². The van der Waals surface area contributed by atoms with Gasteiger partial charge in [-0.05, 0) is 53.6 Å². The maximum Gasteiger partial charge on any atom is 0.337 e. The van der Waals surface area contributed by atoms with Crippen LogP contribution in [0.2, 0.25) is 0 Å². The number of fused-ring (bicyclic) bond motifs is 1. The van der Waals surface area contributed by atoms with Gasteiger partial charge in [0.15, 0.2) is 0 Å². The number of allylic oxidation sites excluding steroid dienone is 1. The number of pyridine rings is 1. The Labute approximate surface area is 171 Å². The number of nitrogens with one attached hydrogen (secondary N) is 1. The average molecular weight is 410 g/mol. The van der Waals surface area contributed by atoms with Gasteiger partial charge >= 0.3 is 5.97 Å². The highest BCUT2D eigenvalue weighted by Crippen LogP contribution is 2.37. The number of aromatic nitrogens is 1. The van der Waals surface area contributed by atoms with Gasteiger partial charge in [0.2, 0.25) is 0 Å².